The highest BCUT2D eigenvalue weighted by molar-refractivity contribution is 8.77. The first-order valence-electron chi connectivity index (χ1n) is 12.2. The number of hydrogen-bond acceptors (Lipinski definition) is 9. The maximum Gasteiger partial charge on any atom is 0.259 e. The molecule has 182 valence electrons. The van der Waals surface area contributed by atoms with Crippen molar-refractivity contribution in [1.82, 2.24) is 4.90 Å². The molecule has 0 aromatic rings. The molecule has 0 aromatic heterocycles. The van der Waals surface area contributed by atoms with Gasteiger partial charge in [-0.2, -0.15) is 0 Å². The third-order valence-corrected chi connectivity index (χ3v) is 10.6. The molecule has 0 amide bonds. The summed E-state index contributed by atoms with van der Waals surface area (Å²) in [6.45, 7) is 8.54. The smallest absolute Gasteiger partial charge is 0.259 e. The van der Waals surface area contributed by atoms with Crippen LogP contribution in [0.4, 0.5) is 0 Å². The van der Waals surface area contributed by atoms with E-state index in [9.17, 15) is 4.79 Å². The number of ketones is 1. The zero-order valence-electron chi connectivity index (χ0n) is 19.5. The second-order valence-electron chi connectivity index (χ2n) is 10.9. The Morgan fingerprint density at radius 3 is 2.56 bits per heavy atom. The molecule has 5 fully saturated rings. The van der Waals surface area contributed by atoms with E-state index >= 15 is 0 Å². The Hall–Kier alpha value is 0.130. The highest BCUT2D eigenvalue weighted by Crippen LogP contribution is 2.52. The molecular formula is C23H38N2O5S2. The first-order chi connectivity index (χ1) is 15.2. The van der Waals surface area contributed by atoms with Crippen molar-refractivity contribution in [3.05, 3.63) is 0 Å². The lowest BCUT2D eigenvalue weighted by molar-refractivity contribution is -0.238. The van der Waals surface area contributed by atoms with Crippen LogP contribution in [-0.2, 0) is 23.7 Å². The number of nitrogens with zero attached hydrogens (tertiary/aromatic N) is 1. The van der Waals surface area contributed by atoms with E-state index in [4.69, 9.17) is 24.7 Å². The van der Waals surface area contributed by atoms with Crippen LogP contribution in [-0.4, -0.2) is 82.8 Å². The second-order valence-corrected chi connectivity index (χ2v) is 13.7. The number of carbonyl (C=O) groups excluding carboxylic acids is 1. The van der Waals surface area contributed by atoms with Crippen molar-refractivity contribution in [3.8, 4) is 0 Å². The van der Waals surface area contributed by atoms with Crippen molar-refractivity contribution in [1.29, 1.82) is 0 Å². The molecule has 0 aliphatic carbocycles. The summed E-state index contributed by atoms with van der Waals surface area (Å²) < 4.78 is 25.1. The summed E-state index contributed by atoms with van der Waals surface area (Å²) in [5.74, 6) is -0.783. The van der Waals surface area contributed by atoms with Crippen molar-refractivity contribution in [3.63, 3.8) is 0 Å². The minimum atomic E-state index is -1.32. The summed E-state index contributed by atoms with van der Waals surface area (Å²) in [7, 11) is 3.97. The summed E-state index contributed by atoms with van der Waals surface area (Å²) in [5.41, 5.74) is 6.21. The first kappa shape index (κ1) is 23.9. The Balaban J connectivity index is 1.22. The van der Waals surface area contributed by atoms with Crippen LogP contribution in [0.25, 0.3) is 0 Å². The summed E-state index contributed by atoms with van der Waals surface area (Å²) in [5, 5.41) is 0.740. The first-order valence-corrected chi connectivity index (χ1v) is 14.6. The molecule has 0 spiro atoms. The van der Waals surface area contributed by atoms with E-state index in [0.29, 0.717) is 6.42 Å². The molecule has 2 N–H and O–H groups in total. The lowest BCUT2D eigenvalue weighted by Gasteiger charge is -2.39. The molecule has 5 rings (SSSR count). The van der Waals surface area contributed by atoms with E-state index in [-0.39, 0.29) is 29.6 Å². The van der Waals surface area contributed by atoms with Crippen LogP contribution >= 0.6 is 21.6 Å². The van der Waals surface area contributed by atoms with Gasteiger partial charge in [-0.05, 0) is 66.0 Å². The van der Waals surface area contributed by atoms with E-state index in [0.717, 1.165) is 50.6 Å². The van der Waals surface area contributed by atoms with Crippen LogP contribution in [0.15, 0.2) is 0 Å². The second kappa shape index (κ2) is 8.97. The predicted octanol–water partition coefficient (Wildman–Crippen LogP) is 3.10. The van der Waals surface area contributed by atoms with Crippen molar-refractivity contribution in [2.75, 3.05) is 25.4 Å². The fourth-order valence-electron chi connectivity index (χ4n) is 5.66. The normalized spacial score (nSPS) is 42.4. The molecule has 5 aliphatic heterocycles. The largest absolute Gasteiger partial charge is 0.341 e. The summed E-state index contributed by atoms with van der Waals surface area (Å²) in [6, 6.07) is 0. The average Bonchev–Trinajstić information content (AvgIpc) is 3.48. The van der Waals surface area contributed by atoms with Crippen LogP contribution < -0.4 is 5.73 Å². The van der Waals surface area contributed by atoms with Gasteiger partial charge in [0.1, 0.15) is 18.3 Å². The zero-order chi connectivity index (χ0) is 22.6. The highest BCUT2D eigenvalue weighted by atomic mass is 33.1. The summed E-state index contributed by atoms with van der Waals surface area (Å²) >= 11 is 0. The quantitative estimate of drug-likeness (QED) is 0.411. The standard InChI is InChI=1S/C23H38N2O5S2/c1-21(2)28-19-18-16(14-25-11-9-22(3,24)10-12-25)27-23(29-18,20(19)30-21)17(26)7-5-4-6-15-8-13-31-32-15/h15-16,18-20H,4-14,24H2,1-3H3/t15?,16?,18?,19-,20-,23?/m1/s1. The molecule has 5 saturated heterocycles. The van der Waals surface area contributed by atoms with Crippen molar-refractivity contribution in [2.45, 2.75) is 112 Å². The van der Waals surface area contributed by atoms with Gasteiger partial charge in [-0.3, -0.25) is 4.79 Å². The van der Waals surface area contributed by atoms with Crippen molar-refractivity contribution < 1.29 is 23.7 Å². The number of carbonyl (C=O) groups is 1. The van der Waals surface area contributed by atoms with Gasteiger partial charge in [-0.25, -0.2) is 0 Å². The van der Waals surface area contributed by atoms with Crippen molar-refractivity contribution >= 4 is 27.4 Å². The molecule has 6 atom stereocenters. The maximum absolute atomic E-state index is 13.5. The molecule has 0 radical (unpaired) electrons. The van der Waals surface area contributed by atoms with Gasteiger partial charge in [0, 0.05) is 29.5 Å². The molecular weight excluding hydrogens is 448 g/mol. The molecule has 9 heteroatoms. The van der Waals surface area contributed by atoms with Gasteiger partial charge in [0.2, 0.25) is 0 Å². The predicted molar refractivity (Wildman–Crippen MR) is 126 cm³/mol. The number of piperidine rings is 1. The fourth-order valence-corrected chi connectivity index (χ4v) is 8.69. The monoisotopic (exact) mass is 486 g/mol. The van der Waals surface area contributed by atoms with Crippen LogP contribution in [0.5, 0.6) is 0 Å². The topological polar surface area (TPSA) is 83.2 Å². The SMILES string of the molecule is CC1(N)CCN(CC2OC3(C(=O)CCCCC4CCSS4)OC2[C@H]2OC(C)(C)O[C@H]23)CC1. The van der Waals surface area contributed by atoms with Gasteiger partial charge in [0.15, 0.2) is 17.7 Å². The van der Waals surface area contributed by atoms with Crippen LogP contribution in [0.2, 0.25) is 0 Å². The van der Waals surface area contributed by atoms with E-state index in [2.05, 4.69) is 11.8 Å². The zero-order valence-corrected chi connectivity index (χ0v) is 21.2. The Labute approximate surface area is 199 Å². The molecule has 0 aromatic carbocycles. The third kappa shape index (κ3) is 4.65. The van der Waals surface area contributed by atoms with Crippen LogP contribution in [0.3, 0.4) is 0 Å². The van der Waals surface area contributed by atoms with Gasteiger partial charge < -0.3 is 29.6 Å². The summed E-state index contributed by atoms with van der Waals surface area (Å²) in [6.07, 6.45) is 5.58. The molecule has 2 bridgehead atoms. The summed E-state index contributed by atoms with van der Waals surface area (Å²) in [4.78, 5) is 15.9. The number of Topliss-reactive ketones (excluding diaryl/α,β-unsaturated/α-hetero) is 1. The van der Waals surface area contributed by atoms with Gasteiger partial charge in [-0.1, -0.05) is 28.0 Å². The molecule has 5 heterocycles. The van der Waals surface area contributed by atoms with E-state index in [1.807, 2.05) is 35.4 Å². The number of nitrogens with two attached hydrogens (primary N) is 1. The Bertz CT molecular complexity index is 707. The third-order valence-electron chi connectivity index (χ3n) is 7.56. The lowest BCUT2D eigenvalue weighted by atomic mass is 9.90. The number of likely N-dealkylation sites (tertiary alicyclic amines) is 1. The number of fused-ring (bicyclic) bond motifs is 5. The number of unbranched alkanes of at least 4 members (excludes halogenated alkanes) is 1. The van der Waals surface area contributed by atoms with Crippen molar-refractivity contribution in [2.24, 2.45) is 5.73 Å². The van der Waals surface area contributed by atoms with Gasteiger partial charge in [0.25, 0.3) is 5.79 Å². The molecule has 4 unspecified atom stereocenters. The lowest BCUT2D eigenvalue weighted by Crippen LogP contribution is -2.57. The fraction of sp³-hybridized carbons (Fsp3) is 0.957. The average molecular weight is 487 g/mol. The number of rotatable bonds is 8. The number of ether oxygens (including phenoxy) is 4. The Morgan fingerprint density at radius 2 is 1.84 bits per heavy atom. The van der Waals surface area contributed by atoms with Crippen LogP contribution in [0.1, 0.15) is 65.7 Å². The van der Waals surface area contributed by atoms with Gasteiger partial charge in [0.05, 0.1) is 0 Å². The van der Waals surface area contributed by atoms with Gasteiger partial charge in [-0.15, -0.1) is 0 Å². The Kier molecular flexibility index (Phi) is 6.69. The van der Waals surface area contributed by atoms with E-state index in [1.165, 1.54) is 18.6 Å². The number of hydrogen-bond donors (Lipinski definition) is 1. The maximum atomic E-state index is 13.5. The highest BCUT2D eigenvalue weighted by Gasteiger charge is 2.73. The minimum absolute atomic E-state index is 0.0143. The van der Waals surface area contributed by atoms with E-state index < -0.39 is 17.7 Å². The minimum Gasteiger partial charge on any atom is -0.341 e. The molecule has 0 saturated carbocycles. The van der Waals surface area contributed by atoms with Gasteiger partial charge >= 0.3 is 0 Å². The molecule has 32 heavy (non-hydrogen) atoms. The van der Waals surface area contributed by atoms with Crippen LogP contribution in [0, 0.1) is 0 Å². The molecule has 5 aliphatic rings. The Morgan fingerprint density at radius 1 is 1.06 bits per heavy atom. The molecule has 7 nitrogen and oxygen atoms in total. The van der Waals surface area contributed by atoms with E-state index in [1.54, 1.807) is 0 Å².